The van der Waals surface area contributed by atoms with Gasteiger partial charge in [0.05, 0.1) is 11.8 Å². The summed E-state index contributed by atoms with van der Waals surface area (Å²) in [5, 5.41) is 0. The van der Waals surface area contributed by atoms with Gasteiger partial charge in [0.25, 0.3) is 0 Å². The molecular weight excluding hydrogens is 394 g/mol. The number of halogens is 3. The van der Waals surface area contributed by atoms with E-state index in [1.807, 2.05) is 0 Å². The van der Waals surface area contributed by atoms with E-state index < -0.39 is 21.7 Å². The van der Waals surface area contributed by atoms with E-state index in [9.17, 15) is 17.2 Å². The molecule has 0 saturated carbocycles. The van der Waals surface area contributed by atoms with Crippen LogP contribution in [0.3, 0.4) is 0 Å². The lowest BCUT2D eigenvalue weighted by Crippen LogP contribution is -2.08. The normalized spacial score (nSPS) is 11.8. The molecule has 0 bridgehead atoms. The Hall–Kier alpha value is -2.00. The first-order chi connectivity index (χ1) is 10.8. The summed E-state index contributed by atoms with van der Waals surface area (Å²) in [4.78, 5) is 4.01. The summed E-state index contributed by atoms with van der Waals surface area (Å²) < 4.78 is 57.1. The number of rotatable bonds is 3. The summed E-state index contributed by atoms with van der Waals surface area (Å²) >= 11 is 3.24. The van der Waals surface area contributed by atoms with E-state index in [0.29, 0.717) is 10.5 Å². The van der Waals surface area contributed by atoms with Crippen LogP contribution in [0.15, 0.2) is 41.1 Å². The second-order valence-corrected chi connectivity index (χ2v) is 7.53. The van der Waals surface area contributed by atoms with Crippen LogP contribution < -0.4 is 4.74 Å². The van der Waals surface area contributed by atoms with Gasteiger partial charge in [0.2, 0.25) is 10.0 Å². The molecule has 3 aromatic rings. The van der Waals surface area contributed by atoms with Crippen molar-refractivity contribution in [2.45, 2.75) is 0 Å². The molecule has 0 unspecified atom stereocenters. The first-order valence-electron chi connectivity index (χ1n) is 6.26. The van der Waals surface area contributed by atoms with E-state index in [1.54, 1.807) is 6.07 Å². The average Bonchev–Trinajstić information content (AvgIpc) is 2.85. The monoisotopic (exact) mass is 402 g/mol. The molecule has 0 aliphatic rings. The highest BCUT2D eigenvalue weighted by Gasteiger charge is 2.17. The molecule has 0 saturated heterocycles. The van der Waals surface area contributed by atoms with E-state index in [0.717, 1.165) is 28.7 Å². The number of imidazole rings is 1. The number of hydrogen-bond acceptors (Lipinski definition) is 4. The van der Waals surface area contributed by atoms with Gasteiger partial charge in [-0.15, -0.1) is 0 Å². The topological polar surface area (TPSA) is 61.2 Å². The Morgan fingerprint density at radius 1 is 1.17 bits per heavy atom. The molecule has 1 aromatic heterocycles. The van der Waals surface area contributed by atoms with Crippen LogP contribution >= 0.6 is 15.9 Å². The predicted molar refractivity (Wildman–Crippen MR) is 84.1 cm³/mol. The minimum Gasteiger partial charge on any atom is -0.452 e. The minimum atomic E-state index is -3.55. The van der Waals surface area contributed by atoms with Crippen LogP contribution in [0.4, 0.5) is 8.78 Å². The highest BCUT2D eigenvalue weighted by Crippen LogP contribution is 2.34. The van der Waals surface area contributed by atoms with Crippen molar-refractivity contribution in [1.82, 2.24) is 8.96 Å². The molecule has 0 atom stereocenters. The molecule has 9 heteroatoms. The molecule has 3 rings (SSSR count). The molecule has 0 aliphatic carbocycles. The number of benzene rings is 2. The fraction of sp³-hybridized carbons (Fsp3) is 0.0714. The zero-order valence-corrected chi connectivity index (χ0v) is 14.0. The van der Waals surface area contributed by atoms with Gasteiger partial charge in [-0.05, 0) is 24.3 Å². The van der Waals surface area contributed by atoms with Crippen LogP contribution in [0, 0.1) is 11.6 Å². The Morgan fingerprint density at radius 3 is 2.57 bits per heavy atom. The van der Waals surface area contributed by atoms with Crippen molar-refractivity contribution >= 4 is 37.0 Å². The summed E-state index contributed by atoms with van der Waals surface area (Å²) in [5.41, 5.74) is 0.516. The van der Waals surface area contributed by atoms with Crippen molar-refractivity contribution < 1.29 is 21.9 Å². The van der Waals surface area contributed by atoms with Crippen molar-refractivity contribution in [3.63, 3.8) is 0 Å². The van der Waals surface area contributed by atoms with E-state index >= 15 is 0 Å². The summed E-state index contributed by atoms with van der Waals surface area (Å²) in [6.45, 7) is 0. The van der Waals surface area contributed by atoms with E-state index in [1.165, 1.54) is 6.07 Å². The van der Waals surface area contributed by atoms with Gasteiger partial charge in [0.15, 0.2) is 17.3 Å². The fourth-order valence-corrected chi connectivity index (χ4v) is 3.19. The van der Waals surface area contributed by atoms with Crippen molar-refractivity contribution in [1.29, 1.82) is 0 Å². The Morgan fingerprint density at radius 2 is 1.91 bits per heavy atom. The summed E-state index contributed by atoms with van der Waals surface area (Å²) in [7, 11) is -3.55. The van der Waals surface area contributed by atoms with Crippen LogP contribution in [0.1, 0.15) is 0 Å². The van der Waals surface area contributed by atoms with Crippen molar-refractivity contribution in [3.8, 4) is 11.5 Å². The van der Waals surface area contributed by atoms with Gasteiger partial charge in [-0.3, -0.25) is 0 Å². The molecular formula is C14H9BrF2N2O3S. The third-order valence-electron chi connectivity index (χ3n) is 3.02. The highest BCUT2D eigenvalue weighted by atomic mass is 79.9. The van der Waals surface area contributed by atoms with Crippen molar-refractivity contribution in [2.24, 2.45) is 0 Å². The second-order valence-electron chi connectivity index (χ2n) is 4.75. The highest BCUT2D eigenvalue weighted by molar-refractivity contribution is 9.10. The van der Waals surface area contributed by atoms with Crippen LogP contribution in [0.5, 0.6) is 11.5 Å². The van der Waals surface area contributed by atoms with E-state index in [-0.39, 0.29) is 22.5 Å². The predicted octanol–water partition coefficient (Wildman–Crippen LogP) is 3.68. The van der Waals surface area contributed by atoms with Gasteiger partial charge in [-0.25, -0.2) is 26.2 Å². The molecule has 23 heavy (non-hydrogen) atoms. The smallest absolute Gasteiger partial charge is 0.237 e. The van der Waals surface area contributed by atoms with E-state index in [4.69, 9.17) is 4.74 Å². The summed E-state index contributed by atoms with van der Waals surface area (Å²) in [5.74, 6) is -1.65. The molecule has 120 valence electrons. The summed E-state index contributed by atoms with van der Waals surface area (Å²) in [6, 6.07) is 5.97. The Bertz CT molecular complexity index is 1020. The maximum atomic E-state index is 13.7. The molecule has 0 aliphatic heterocycles. The summed E-state index contributed by atoms with van der Waals surface area (Å²) in [6.07, 6.45) is 2.18. The number of ether oxygens (including phenoxy) is 1. The molecule has 0 fully saturated rings. The lowest BCUT2D eigenvalue weighted by atomic mass is 10.3. The van der Waals surface area contributed by atoms with E-state index in [2.05, 4.69) is 20.9 Å². The van der Waals surface area contributed by atoms with Crippen LogP contribution in [0.25, 0.3) is 11.0 Å². The Labute approximate surface area is 138 Å². The maximum Gasteiger partial charge on any atom is 0.237 e. The molecule has 0 radical (unpaired) electrons. The second kappa shape index (κ2) is 5.57. The first-order valence-corrected chi connectivity index (χ1v) is 8.90. The van der Waals surface area contributed by atoms with Crippen LogP contribution in [0.2, 0.25) is 0 Å². The third-order valence-corrected chi connectivity index (χ3v) is 4.48. The lowest BCUT2D eigenvalue weighted by Gasteiger charge is -2.09. The van der Waals surface area contributed by atoms with Crippen LogP contribution in [-0.2, 0) is 10.0 Å². The minimum absolute atomic E-state index is 0.141. The van der Waals surface area contributed by atoms with Crippen molar-refractivity contribution in [3.05, 3.63) is 52.8 Å². The number of nitrogens with zero attached hydrogens (tertiary/aromatic N) is 2. The Balaban J connectivity index is 2.16. The molecule has 0 spiro atoms. The van der Waals surface area contributed by atoms with Gasteiger partial charge in [-0.1, -0.05) is 15.9 Å². The van der Waals surface area contributed by atoms with Gasteiger partial charge < -0.3 is 4.74 Å². The maximum absolute atomic E-state index is 13.7. The molecule has 2 aromatic carbocycles. The zero-order valence-electron chi connectivity index (χ0n) is 11.6. The zero-order chi connectivity index (χ0) is 16.8. The molecule has 1 heterocycles. The third kappa shape index (κ3) is 3.06. The fourth-order valence-electron chi connectivity index (χ4n) is 2.05. The largest absolute Gasteiger partial charge is 0.452 e. The van der Waals surface area contributed by atoms with Gasteiger partial charge in [0, 0.05) is 10.5 Å². The quantitative estimate of drug-likeness (QED) is 0.670. The van der Waals surface area contributed by atoms with Crippen molar-refractivity contribution in [2.75, 3.05) is 6.26 Å². The molecule has 0 amide bonds. The molecule has 0 N–H and O–H groups in total. The first kappa shape index (κ1) is 15.9. The standard InChI is InChI=1S/C14H9BrF2N2O3S/c1-23(20,21)19-7-18-14-11(19)4-8(15)5-13(14)22-12-3-2-9(16)6-10(12)17/h2-7H,1H3. The number of hydrogen-bond donors (Lipinski definition) is 0. The van der Waals surface area contributed by atoms with Gasteiger partial charge in [0.1, 0.15) is 17.7 Å². The average molecular weight is 403 g/mol. The SMILES string of the molecule is CS(=O)(=O)n1cnc2c(Oc3ccc(F)cc3F)cc(Br)cc21. The van der Waals surface area contributed by atoms with Gasteiger partial charge in [-0.2, -0.15) is 0 Å². The number of fused-ring (bicyclic) bond motifs is 1. The van der Waals surface area contributed by atoms with Gasteiger partial charge >= 0.3 is 0 Å². The number of aromatic nitrogens is 2. The van der Waals surface area contributed by atoms with Crippen LogP contribution in [-0.4, -0.2) is 23.6 Å². The Kier molecular flexibility index (Phi) is 3.85. The molecule has 5 nitrogen and oxygen atoms in total. The lowest BCUT2D eigenvalue weighted by molar-refractivity contribution is 0.441.